The van der Waals surface area contributed by atoms with Crippen molar-refractivity contribution in [3.8, 4) is 0 Å². The number of carboxylic acid groups (broad SMARTS) is 1. The van der Waals surface area contributed by atoms with Crippen LogP contribution in [0.5, 0.6) is 0 Å². The first-order valence-electron chi connectivity index (χ1n) is 8.51. The number of pyridine rings is 1. The molecule has 1 aliphatic heterocycles. The molecular formula is C20H20N2O2S. The molecule has 25 heavy (non-hydrogen) atoms. The second-order valence-electron chi connectivity index (χ2n) is 6.65. The van der Waals surface area contributed by atoms with Gasteiger partial charge in [-0.3, -0.25) is 14.7 Å². The molecular weight excluding hydrogens is 332 g/mol. The van der Waals surface area contributed by atoms with Gasteiger partial charge in [-0.15, -0.1) is 11.3 Å². The van der Waals surface area contributed by atoms with E-state index >= 15 is 0 Å². The number of aliphatic carboxylic acids is 1. The number of rotatable bonds is 4. The smallest absolute Gasteiger partial charge is 0.320 e. The van der Waals surface area contributed by atoms with Gasteiger partial charge in [0.05, 0.1) is 6.04 Å². The van der Waals surface area contributed by atoms with E-state index in [0.717, 1.165) is 29.3 Å². The molecule has 1 aliphatic rings. The average molecular weight is 352 g/mol. The van der Waals surface area contributed by atoms with Crippen molar-refractivity contribution in [3.05, 3.63) is 64.1 Å². The molecule has 0 amide bonds. The summed E-state index contributed by atoms with van der Waals surface area (Å²) in [6.45, 7) is 2.90. The third-order valence-corrected chi connectivity index (χ3v) is 6.01. The lowest BCUT2D eigenvalue weighted by atomic mass is 9.99. The van der Waals surface area contributed by atoms with Crippen molar-refractivity contribution in [1.29, 1.82) is 0 Å². The van der Waals surface area contributed by atoms with Gasteiger partial charge >= 0.3 is 5.97 Å². The number of carboxylic acids is 1. The van der Waals surface area contributed by atoms with Crippen molar-refractivity contribution in [2.75, 3.05) is 6.54 Å². The molecule has 4 nitrogen and oxygen atoms in total. The van der Waals surface area contributed by atoms with Gasteiger partial charge in [0.15, 0.2) is 0 Å². The molecule has 1 N–H and O–H groups in total. The van der Waals surface area contributed by atoms with Crippen LogP contribution in [-0.2, 0) is 4.79 Å². The van der Waals surface area contributed by atoms with Crippen LogP contribution in [0.2, 0.25) is 0 Å². The normalized spacial score (nSPS) is 19.3. The molecule has 0 bridgehead atoms. The summed E-state index contributed by atoms with van der Waals surface area (Å²) in [5, 5.41) is 14.0. The van der Waals surface area contributed by atoms with Crippen molar-refractivity contribution < 1.29 is 9.90 Å². The van der Waals surface area contributed by atoms with Crippen LogP contribution in [0.1, 0.15) is 34.9 Å². The summed E-state index contributed by atoms with van der Waals surface area (Å²) in [6.07, 6.45) is 5.30. The lowest BCUT2D eigenvalue weighted by molar-refractivity contribution is -0.142. The minimum Gasteiger partial charge on any atom is -0.480 e. The van der Waals surface area contributed by atoms with Gasteiger partial charge in [0.2, 0.25) is 0 Å². The van der Waals surface area contributed by atoms with Gasteiger partial charge in [0.25, 0.3) is 0 Å². The summed E-state index contributed by atoms with van der Waals surface area (Å²) >= 11 is 1.71. The molecule has 5 heteroatoms. The van der Waals surface area contributed by atoms with E-state index in [1.54, 1.807) is 17.5 Å². The summed E-state index contributed by atoms with van der Waals surface area (Å²) < 4.78 is 0. The third kappa shape index (κ3) is 3.05. The van der Waals surface area contributed by atoms with E-state index < -0.39 is 12.0 Å². The molecule has 0 radical (unpaired) electrons. The molecule has 2 atom stereocenters. The number of nitrogens with zero attached hydrogens (tertiary/aromatic N) is 2. The maximum atomic E-state index is 11.8. The predicted octanol–water partition coefficient (Wildman–Crippen LogP) is 4.24. The molecule has 1 saturated heterocycles. The quantitative estimate of drug-likeness (QED) is 0.763. The van der Waals surface area contributed by atoms with Gasteiger partial charge in [-0.25, -0.2) is 0 Å². The number of hydrogen-bond acceptors (Lipinski definition) is 4. The predicted molar refractivity (Wildman–Crippen MR) is 100 cm³/mol. The summed E-state index contributed by atoms with van der Waals surface area (Å²) in [6, 6.07) is 10.1. The fourth-order valence-electron chi connectivity index (χ4n) is 3.75. The molecule has 2 unspecified atom stereocenters. The van der Waals surface area contributed by atoms with Crippen molar-refractivity contribution in [1.82, 2.24) is 9.88 Å². The molecule has 0 aliphatic carbocycles. The lowest BCUT2D eigenvalue weighted by Crippen LogP contribution is -2.39. The van der Waals surface area contributed by atoms with Crippen molar-refractivity contribution in [2.45, 2.75) is 31.8 Å². The fraction of sp³-hybridized carbons (Fsp3) is 0.300. The molecule has 128 valence electrons. The monoisotopic (exact) mass is 352 g/mol. The number of benzene rings is 1. The van der Waals surface area contributed by atoms with E-state index in [0.29, 0.717) is 6.42 Å². The van der Waals surface area contributed by atoms with Crippen molar-refractivity contribution >= 4 is 28.1 Å². The highest BCUT2D eigenvalue weighted by Crippen LogP contribution is 2.38. The van der Waals surface area contributed by atoms with E-state index in [-0.39, 0.29) is 6.04 Å². The van der Waals surface area contributed by atoms with E-state index in [9.17, 15) is 9.90 Å². The van der Waals surface area contributed by atoms with Crippen LogP contribution in [-0.4, -0.2) is 33.5 Å². The Kier molecular flexibility index (Phi) is 4.27. The van der Waals surface area contributed by atoms with Gasteiger partial charge in [0.1, 0.15) is 6.04 Å². The van der Waals surface area contributed by atoms with Crippen LogP contribution in [0.25, 0.3) is 10.8 Å². The highest BCUT2D eigenvalue weighted by Gasteiger charge is 2.37. The Balaban J connectivity index is 1.83. The molecule has 1 aromatic carbocycles. The molecule has 3 aromatic rings. The standard InChI is InChI=1S/C20H20N2O2S/c1-13-9-18(25-12-13)19(22-8-2-3-17(22)20(23)24)15-4-5-16-11-21-7-6-14(16)10-15/h4-7,9-12,17,19H,2-3,8H2,1H3,(H,23,24). The molecule has 0 spiro atoms. The van der Waals surface area contributed by atoms with E-state index in [4.69, 9.17) is 0 Å². The second-order valence-corrected chi connectivity index (χ2v) is 7.59. The fourth-order valence-corrected chi connectivity index (χ4v) is 4.80. The Morgan fingerprint density at radius 3 is 2.96 bits per heavy atom. The third-order valence-electron chi connectivity index (χ3n) is 4.91. The SMILES string of the molecule is Cc1csc(C(c2ccc3cnccc3c2)N2CCCC2C(=O)O)c1. The minimum absolute atomic E-state index is 0.0140. The van der Waals surface area contributed by atoms with Crippen LogP contribution in [0.3, 0.4) is 0 Å². The van der Waals surface area contributed by atoms with Gasteiger partial charge in [0, 0.05) is 29.2 Å². The Hall–Kier alpha value is -2.24. The second kappa shape index (κ2) is 6.58. The molecule has 3 heterocycles. The zero-order valence-corrected chi connectivity index (χ0v) is 14.9. The number of aryl methyl sites for hydroxylation is 1. The van der Waals surface area contributed by atoms with E-state index in [1.807, 2.05) is 12.3 Å². The maximum absolute atomic E-state index is 11.8. The highest BCUT2D eigenvalue weighted by molar-refractivity contribution is 7.10. The molecule has 2 aromatic heterocycles. The summed E-state index contributed by atoms with van der Waals surface area (Å²) in [5.74, 6) is -0.722. The van der Waals surface area contributed by atoms with E-state index in [1.165, 1.54) is 10.4 Å². The number of fused-ring (bicyclic) bond motifs is 1. The molecule has 1 fully saturated rings. The number of hydrogen-bond donors (Lipinski definition) is 1. The Morgan fingerprint density at radius 2 is 2.20 bits per heavy atom. The number of carbonyl (C=O) groups is 1. The topological polar surface area (TPSA) is 53.4 Å². The van der Waals surface area contributed by atoms with Gasteiger partial charge in [-0.2, -0.15) is 0 Å². The summed E-state index contributed by atoms with van der Waals surface area (Å²) in [5.41, 5.74) is 2.37. The first kappa shape index (κ1) is 16.2. The minimum atomic E-state index is -0.722. The van der Waals surface area contributed by atoms with E-state index in [2.05, 4.69) is 46.5 Å². The Labute approximate surface area is 150 Å². The van der Waals surface area contributed by atoms with Gasteiger partial charge in [-0.05, 0) is 59.9 Å². The van der Waals surface area contributed by atoms with Crippen LogP contribution in [0, 0.1) is 6.92 Å². The summed E-state index contributed by atoms with van der Waals surface area (Å²) in [4.78, 5) is 19.3. The highest BCUT2D eigenvalue weighted by atomic mass is 32.1. The Morgan fingerprint density at radius 1 is 1.32 bits per heavy atom. The van der Waals surface area contributed by atoms with Gasteiger partial charge < -0.3 is 5.11 Å². The number of thiophene rings is 1. The van der Waals surface area contributed by atoms with Crippen LogP contribution >= 0.6 is 11.3 Å². The van der Waals surface area contributed by atoms with Crippen LogP contribution in [0.15, 0.2) is 48.1 Å². The van der Waals surface area contributed by atoms with Crippen molar-refractivity contribution in [3.63, 3.8) is 0 Å². The van der Waals surface area contributed by atoms with Crippen LogP contribution < -0.4 is 0 Å². The van der Waals surface area contributed by atoms with Gasteiger partial charge in [-0.1, -0.05) is 12.1 Å². The first-order valence-corrected chi connectivity index (χ1v) is 9.39. The zero-order chi connectivity index (χ0) is 17.4. The zero-order valence-electron chi connectivity index (χ0n) is 14.1. The average Bonchev–Trinajstić information content (AvgIpc) is 3.25. The van der Waals surface area contributed by atoms with Crippen LogP contribution in [0.4, 0.5) is 0 Å². The Bertz CT molecular complexity index is 921. The maximum Gasteiger partial charge on any atom is 0.320 e. The number of aromatic nitrogens is 1. The van der Waals surface area contributed by atoms with Crippen molar-refractivity contribution in [2.24, 2.45) is 0 Å². The molecule has 0 saturated carbocycles. The summed E-state index contributed by atoms with van der Waals surface area (Å²) in [7, 11) is 0. The lowest BCUT2D eigenvalue weighted by Gasteiger charge is -2.31. The molecule has 4 rings (SSSR count). The largest absolute Gasteiger partial charge is 0.480 e. The first-order chi connectivity index (χ1) is 12.1. The number of likely N-dealkylation sites (tertiary alicyclic amines) is 1.